The Morgan fingerprint density at radius 1 is 0.650 bits per heavy atom. The fourth-order valence-electron chi connectivity index (χ4n) is 4.77. The second-order valence-corrected chi connectivity index (χ2v) is 9.72. The van der Waals surface area contributed by atoms with Crippen LogP contribution < -0.4 is 10.6 Å². The molecule has 4 aromatic carbocycles. The maximum absolute atomic E-state index is 12.5. The number of amides is 2. The highest BCUT2D eigenvalue weighted by Gasteiger charge is 2.20. The van der Waals surface area contributed by atoms with E-state index in [0.717, 1.165) is 24.0 Å². The standard InChI is InChI=1S/C34H34N2O4/c37-32(36-33(38)29-20-18-26(19-21-29)25-11-4-1-5-12-25)23-22-31(34(39)40)35-24-10-17-30(27-13-6-2-7-14-27)28-15-8-3-9-16-28/h1-9,11-16,18-21,30-31,35H,10,17,22-24H2,(H,39,40)(H,36,37,38)/t31-/m0/s1. The molecule has 0 aliphatic heterocycles. The highest BCUT2D eigenvalue weighted by atomic mass is 16.4. The Balaban J connectivity index is 1.24. The van der Waals surface area contributed by atoms with Gasteiger partial charge in [-0.05, 0) is 60.2 Å². The molecule has 6 nitrogen and oxygen atoms in total. The first-order chi connectivity index (χ1) is 19.5. The van der Waals surface area contributed by atoms with Crippen LogP contribution in [0, 0.1) is 0 Å². The van der Waals surface area contributed by atoms with Crippen molar-refractivity contribution in [2.45, 2.75) is 37.6 Å². The lowest BCUT2D eigenvalue weighted by Gasteiger charge is -2.19. The van der Waals surface area contributed by atoms with Crippen molar-refractivity contribution in [3.8, 4) is 11.1 Å². The second kappa shape index (κ2) is 14.6. The molecule has 0 spiro atoms. The maximum atomic E-state index is 12.5. The van der Waals surface area contributed by atoms with Crippen molar-refractivity contribution < 1.29 is 19.5 Å². The van der Waals surface area contributed by atoms with Crippen LogP contribution in [0.15, 0.2) is 115 Å². The number of carboxylic acid groups (broad SMARTS) is 1. The SMILES string of the molecule is O=C(CC[C@H](NCCCC(c1ccccc1)c1ccccc1)C(=O)O)NC(=O)c1ccc(-c2ccccc2)cc1. The Morgan fingerprint density at radius 2 is 1.18 bits per heavy atom. The molecule has 4 rings (SSSR count). The normalized spacial score (nSPS) is 11.6. The smallest absolute Gasteiger partial charge is 0.320 e. The number of rotatable bonds is 13. The topological polar surface area (TPSA) is 95.5 Å². The Morgan fingerprint density at radius 3 is 1.73 bits per heavy atom. The van der Waals surface area contributed by atoms with E-state index >= 15 is 0 Å². The number of carbonyl (C=O) groups excluding carboxylic acids is 2. The average Bonchev–Trinajstić information content (AvgIpc) is 3.00. The van der Waals surface area contributed by atoms with E-state index in [-0.39, 0.29) is 18.8 Å². The number of imide groups is 1. The van der Waals surface area contributed by atoms with Crippen molar-refractivity contribution in [1.82, 2.24) is 10.6 Å². The van der Waals surface area contributed by atoms with Gasteiger partial charge in [0, 0.05) is 17.9 Å². The fourth-order valence-corrected chi connectivity index (χ4v) is 4.77. The summed E-state index contributed by atoms with van der Waals surface area (Å²) in [6.45, 7) is 0.501. The summed E-state index contributed by atoms with van der Waals surface area (Å²) in [5.74, 6) is -1.81. The van der Waals surface area contributed by atoms with Crippen LogP contribution in [0.3, 0.4) is 0 Å². The van der Waals surface area contributed by atoms with Crippen molar-refractivity contribution in [3.63, 3.8) is 0 Å². The van der Waals surface area contributed by atoms with Crippen LogP contribution in [-0.2, 0) is 9.59 Å². The molecule has 4 aromatic rings. The molecule has 0 aromatic heterocycles. The first-order valence-electron chi connectivity index (χ1n) is 13.6. The van der Waals surface area contributed by atoms with E-state index in [1.165, 1.54) is 11.1 Å². The predicted octanol–water partition coefficient (Wildman–Crippen LogP) is 6.05. The number of nitrogens with one attached hydrogen (secondary N) is 2. The molecule has 40 heavy (non-hydrogen) atoms. The fraction of sp³-hybridized carbons (Fsp3) is 0.206. The van der Waals surface area contributed by atoms with Crippen LogP contribution >= 0.6 is 0 Å². The quantitative estimate of drug-likeness (QED) is 0.182. The van der Waals surface area contributed by atoms with Crippen LogP contribution in [0.2, 0.25) is 0 Å². The summed E-state index contributed by atoms with van der Waals surface area (Å²) in [6, 6.07) is 36.5. The summed E-state index contributed by atoms with van der Waals surface area (Å²) in [6.07, 6.45) is 1.63. The van der Waals surface area contributed by atoms with E-state index in [2.05, 4.69) is 34.9 Å². The second-order valence-electron chi connectivity index (χ2n) is 9.72. The number of hydrogen-bond donors (Lipinski definition) is 3. The largest absolute Gasteiger partial charge is 0.480 e. The van der Waals surface area contributed by atoms with Crippen molar-refractivity contribution in [3.05, 3.63) is 132 Å². The van der Waals surface area contributed by atoms with Crippen LogP contribution in [0.1, 0.15) is 53.1 Å². The van der Waals surface area contributed by atoms with Gasteiger partial charge in [-0.25, -0.2) is 0 Å². The van der Waals surface area contributed by atoms with Crippen LogP contribution in [0.4, 0.5) is 0 Å². The Labute approximate surface area is 235 Å². The van der Waals surface area contributed by atoms with Crippen molar-refractivity contribution in [1.29, 1.82) is 0 Å². The van der Waals surface area contributed by atoms with Gasteiger partial charge in [0.25, 0.3) is 5.91 Å². The number of hydrogen-bond acceptors (Lipinski definition) is 4. The molecule has 0 heterocycles. The van der Waals surface area contributed by atoms with Gasteiger partial charge < -0.3 is 10.4 Å². The number of aliphatic carboxylic acids is 1. The van der Waals surface area contributed by atoms with E-state index < -0.39 is 23.8 Å². The zero-order valence-corrected chi connectivity index (χ0v) is 22.3. The lowest BCUT2D eigenvalue weighted by molar-refractivity contribution is -0.139. The molecule has 0 aliphatic carbocycles. The molecule has 0 unspecified atom stereocenters. The highest BCUT2D eigenvalue weighted by molar-refractivity contribution is 6.04. The summed E-state index contributed by atoms with van der Waals surface area (Å²) < 4.78 is 0. The molecule has 3 N–H and O–H groups in total. The molecule has 0 fully saturated rings. The minimum atomic E-state index is -1.02. The van der Waals surface area contributed by atoms with Crippen molar-refractivity contribution in [2.24, 2.45) is 0 Å². The predicted molar refractivity (Wildman–Crippen MR) is 157 cm³/mol. The van der Waals surface area contributed by atoms with Gasteiger partial charge in [0.1, 0.15) is 6.04 Å². The number of carbonyl (C=O) groups is 3. The van der Waals surface area contributed by atoms with Crippen molar-refractivity contribution >= 4 is 17.8 Å². The third-order valence-corrected chi connectivity index (χ3v) is 6.93. The molecular formula is C34H34N2O4. The van der Waals surface area contributed by atoms with Gasteiger partial charge in [0.05, 0.1) is 0 Å². The zero-order chi connectivity index (χ0) is 28.2. The van der Waals surface area contributed by atoms with Crippen LogP contribution in [-0.4, -0.2) is 35.5 Å². The number of carboxylic acids is 1. The minimum Gasteiger partial charge on any atom is -0.480 e. The first-order valence-corrected chi connectivity index (χ1v) is 13.6. The summed E-state index contributed by atoms with van der Waals surface area (Å²) in [4.78, 5) is 36.8. The maximum Gasteiger partial charge on any atom is 0.320 e. The third kappa shape index (κ3) is 8.22. The summed E-state index contributed by atoms with van der Waals surface area (Å²) in [5.41, 5.74) is 4.82. The molecule has 0 saturated carbocycles. The molecule has 204 valence electrons. The molecule has 0 saturated heterocycles. The van der Waals surface area contributed by atoms with E-state index in [0.29, 0.717) is 12.1 Å². The minimum absolute atomic E-state index is 0.0749. The summed E-state index contributed by atoms with van der Waals surface area (Å²) in [5, 5.41) is 15.1. The lowest BCUT2D eigenvalue weighted by Crippen LogP contribution is -2.39. The van der Waals surface area contributed by atoms with Gasteiger partial charge in [-0.1, -0.05) is 103 Å². The molecule has 6 heteroatoms. The Bertz CT molecular complexity index is 1330. The van der Waals surface area contributed by atoms with Gasteiger partial charge >= 0.3 is 5.97 Å². The Hall–Kier alpha value is -4.55. The Kier molecular flexibility index (Phi) is 10.4. The van der Waals surface area contributed by atoms with Gasteiger partial charge in [0.15, 0.2) is 0 Å². The molecule has 2 amide bonds. The lowest BCUT2D eigenvalue weighted by atomic mass is 9.87. The van der Waals surface area contributed by atoms with Crippen LogP contribution in [0.5, 0.6) is 0 Å². The molecule has 0 radical (unpaired) electrons. The molecular weight excluding hydrogens is 500 g/mol. The summed E-state index contributed by atoms with van der Waals surface area (Å²) in [7, 11) is 0. The van der Waals surface area contributed by atoms with Gasteiger partial charge in [-0.15, -0.1) is 0 Å². The highest BCUT2D eigenvalue weighted by Crippen LogP contribution is 2.28. The monoisotopic (exact) mass is 534 g/mol. The molecule has 1 atom stereocenters. The van der Waals surface area contributed by atoms with E-state index in [1.54, 1.807) is 12.1 Å². The van der Waals surface area contributed by atoms with Gasteiger partial charge in [0.2, 0.25) is 5.91 Å². The zero-order valence-electron chi connectivity index (χ0n) is 22.3. The average molecular weight is 535 g/mol. The summed E-state index contributed by atoms with van der Waals surface area (Å²) >= 11 is 0. The first kappa shape index (κ1) is 28.5. The van der Waals surface area contributed by atoms with E-state index in [4.69, 9.17) is 0 Å². The van der Waals surface area contributed by atoms with Crippen molar-refractivity contribution in [2.75, 3.05) is 6.54 Å². The van der Waals surface area contributed by atoms with Crippen LogP contribution in [0.25, 0.3) is 11.1 Å². The van der Waals surface area contributed by atoms with E-state index in [1.807, 2.05) is 78.9 Å². The third-order valence-electron chi connectivity index (χ3n) is 6.93. The molecule has 0 aliphatic rings. The number of benzene rings is 4. The van der Waals surface area contributed by atoms with Gasteiger partial charge in [-0.3, -0.25) is 19.7 Å². The molecule has 0 bridgehead atoms. The van der Waals surface area contributed by atoms with Gasteiger partial charge in [-0.2, -0.15) is 0 Å². The van der Waals surface area contributed by atoms with E-state index in [9.17, 15) is 19.5 Å².